The summed E-state index contributed by atoms with van der Waals surface area (Å²) < 4.78 is 1.78. The Labute approximate surface area is 139 Å². The third kappa shape index (κ3) is 3.32. The summed E-state index contributed by atoms with van der Waals surface area (Å²) in [6, 6.07) is 11.6. The molecule has 0 spiro atoms. The molecular weight excluding hydrogens is 304 g/mol. The smallest absolute Gasteiger partial charge is 0.309 e. The van der Waals surface area contributed by atoms with Crippen LogP contribution in [0.1, 0.15) is 23.7 Å². The van der Waals surface area contributed by atoms with E-state index < -0.39 is 5.97 Å². The van der Waals surface area contributed by atoms with Crippen molar-refractivity contribution in [3.05, 3.63) is 59.4 Å². The number of hydrogen-bond acceptors (Lipinski definition) is 4. The highest BCUT2D eigenvalue weighted by molar-refractivity contribution is 5.72. The number of aliphatic carboxylic acids is 1. The van der Waals surface area contributed by atoms with Crippen LogP contribution in [-0.2, 0) is 17.6 Å². The maximum atomic E-state index is 11.1. The van der Waals surface area contributed by atoms with E-state index in [0.29, 0.717) is 17.2 Å². The first-order chi connectivity index (χ1) is 11.6. The highest BCUT2D eigenvalue weighted by Gasteiger charge is 2.15. The molecule has 2 heterocycles. The molecule has 6 nitrogen and oxygen atoms in total. The first-order valence-corrected chi connectivity index (χ1v) is 7.77. The first kappa shape index (κ1) is 15.9. The second-order valence-electron chi connectivity index (χ2n) is 5.61. The molecule has 3 rings (SSSR count). The fourth-order valence-corrected chi connectivity index (χ4v) is 2.46. The number of aromatic nitrogens is 2. The van der Waals surface area contributed by atoms with Gasteiger partial charge in [0.1, 0.15) is 5.65 Å². The molecule has 2 aromatic heterocycles. The van der Waals surface area contributed by atoms with Crippen molar-refractivity contribution < 1.29 is 9.90 Å². The third-order valence-corrected chi connectivity index (χ3v) is 3.73. The lowest BCUT2D eigenvalue weighted by atomic mass is 10.2. The number of carboxylic acids is 1. The number of nitrogens with zero attached hydrogens (tertiary/aromatic N) is 4. The van der Waals surface area contributed by atoms with E-state index in [1.807, 2.05) is 49.5 Å². The number of carboxylic acid groups (broad SMARTS) is 1. The largest absolute Gasteiger partial charge is 0.481 e. The van der Waals surface area contributed by atoms with Gasteiger partial charge in [0.05, 0.1) is 17.8 Å². The Hall–Kier alpha value is -3.02. The Morgan fingerprint density at radius 2 is 1.92 bits per heavy atom. The first-order valence-electron chi connectivity index (χ1n) is 7.77. The summed E-state index contributed by atoms with van der Waals surface area (Å²) in [5.41, 5.74) is 4.04. The molecule has 0 amide bonds. The Bertz CT molecular complexity index is 911. The van der Waals surface area contributed by atoms with Gasteiger partial charge in [0.25, 0.3) is 0 Å². The Morgan fingerprint density at radius 3 is 2.58 bits per heavy atom. The van der Waals surface area contributed by atoms with Crippen LogP contribution in [0.5, 0.6) is 0 Å². The number of rotatable bonds is 5. The van der Waals surface area contributed by atoms with Gasteiger partial charge in [0, 0.05) is 6.20 Å². The van der Waals surface area contributed by atoms with Gasteiger partial charge in [-0.3, -0.25) is 9.20 Å². The number of pyridine rings is 1. The Kier molecular flexibility index (Phi) is 4.37. The monoisotopic (exact) mass is 322 g/mol. The molecule has 0 aliphatic rings. The molecule has 1 aromatic carbocycles. The van der Waals surface area contributed by atoms with E-state index in [4.69, 9.17) is 5.11 Å². The molecule has 0 saturated heterocycles. The zero-order chi connectivity index (χ0) is 17.1. The fraction of sp³-hybridized carbons (Fsp3) is 0.222. The Morgan fingerprint density at radius 1 is 1.17 bits per heavy atom. The van der Waals surface area contributed by atoms with Crippen LogP contribution in [0, 0.1) is 6.92 Å². The maximum Gasteiger partial charge on any atom is 0.309 e. The minimum absolute atomic E-state index is 0.191. The number of benzene rings is 1. The zero-order valence-electron chi connectivity index (χ0n) is 13.6. The highest BCUT2D eigenvalue weighted by atomic mass is 16.4. The molecule has 0 unspecified atom stereocenters. The SMILES string of the molecule is CCc1ccc(N=Nc2c(CC(=O)O)nc3ccc(C)cn23)cc1. The number of hydrogen-bond donors (Lipinski definition) is 1. The molecule has 0 fully saturated rings. The number of fused-ring (bicyclic) bond motifs is 1. The van der Waals surface area contributed by atoms with Crippen LogP contribution < -0.4 is 0 Å². The summed E-state index contributed by atoms with van der Waals surface area (Å²) in [4.78, 5) is 15.4. The molecule has 24 heavy (non-hydrogen) atoms. The molecular formula is C18H18N4O2. The Balaban J connectivity index is 2.03. The summed E-state index contributed by atoms with van der Waals surface area (Å²) in [7, 11) is 0. The van der Waals surface area contributed by atoms with Gasteiger partial charge in [0.15, 0.2) is 5.82 Å². The van der Waals surface area contributed by atoms with E-state index in [2.05, 4.69) is 22.1 Å². The average Bonchev–Trinajstić information content (AvgIpc) is 2.89. The van der Waals surface area contributed by atoms with Crippen LogP contribution in [-0.4, -0.2) is 20.5 Å². The highest BCUT2D eigenvalue weighted by Crippen LogP contribution is 2.25. The standard InChI is InChI=1S/C18H18N4O2/c1-3-13-5-7-14(8-6-13)20-21-18-15(10-17(23)24)19-16-9-4-12(2)11-22(16)18/h4-9,11H,3,10H2,1-2H3,(H,23,24). The topological polar surface area (TPSA) is 79.3 Å². The summed E-state index contributed by atoms with van der Waals surface area (Å²) in [5, 5.41) is 17.6. The summed E-state index contributed by atoms with van der Waals surface area (Å²) in [6.45, 7) is 4.05. The quantitative estimate of drug-likeness (QED) is 0.713. The molecule has 6 heteroatoms. The normalized spacial score (nSPS) is 11.4. The lowest BCUT2D eigenvalue weighted by Crippen LogP contribution is -2.00. The average molecular weight is 322 g/mol. The van der Waals surface area contributed by atoms with Gasteiger partial charge in [-0.25, -0.2) is 4.98 Å². The van der Waals surface area contributed by atoms with Crippen molar-refractivity contribution in [3.8, 4) is 0 Å². The van der Waals surface area contributed by atoms with E-state index in [0.717, 1.165) is 17.7 Å². The predicted molar refractivity (Wildman–Crippen MR) is 91.3 cm³/mol. The van der Waals surface area contributed by atoms with Crippen molar-refractivity contribution in [2.75, 3.05) is 0 Å². The van der Waals surface area contributed by atoms with E-state index in [1.165, 1.54) is 5.56 Å². The van der Waals surface area contributed by atoms with Crippen molar-refractivity contribution in [2.45, 2.75) is 26.7 Å². The summed E-state index contributed by atoms with van der Waals surface area (Å²) in [5.74, 6) is -0.491. The van der Waals surface area contributed by atoms with Crippen LogP contribution in [0.25, 0.3) is 5.65 Å². The van der Waals surface area contributed by atoms with Crippen molar-refractivity contribution in [3.63, 3.8) is 0 Å². The summed E-state index contributed by atoms with van der Waals surface area (Å²) >= 11 is 0. The van der Waals surface area contributed by atoms with E-state index in [1.54, 1.807) is 4.40 Å². The van der Waals surface area contributed by atoms with Gasteiger partial charge < -0.3 is 5.11 Å². The van der Waals surface area contributed by atoms with Crippen molar-refractivity contribution in [1.82, 2.24) is 9.38 Å². The van der Waals surface area contributed by atoms with Gasteiger partial charge in [0.2, 0.25) is 0 Å². The summed E-state index contributed by atoms with van der Waals surface area (Å²) in [6.07, 6.45) is 2.65. The van der Waals surface area contributed by atoms with E-state index in [-0.39, 0.29) is 6.42 Å². The number of carbonyl (C=O) groups is 1. The van der Waals surface area contributed by atoms with Gasteiger partial charge in [-0.1, -0.05) is 25.1 Å². The second kappa shape index (κ2) is 6.62. The second-order valence-corrected chi connectivity index (χ2v) is 5.61. The minimum atomic E-state index is -0.945. The van der Waals surface area contributed by atoms with Crippen LogP contribution in [0.2, 0.25) is 0 Å². The number of aryl methyl sites for hydroxylation is 2. The molecule has 0 radical (unpaired) electrons. The van der Waals surface area contributed by atoms with Gasteiger partial charge in [-0.15, -0.1) is 10.2 Å². The third-order valence-electron chi connectivity index (χ3n) is 3.73. The molecule has 0 saturated carbocycles. The lowest BCUT2D eigenvalue weighted by Gasteiger charge is -1.99. The van der Waals surface area contributed by atoms with Crippen molar-refractivity contribution in [1.29, 1.82) is 0 Å². The van der Waals surface area contributed by atoms with E-state index in [9.17, 15) is 4.79 Å². The van der Waals surface area contributed by atoms with E-state index >= 15 is 0 Å². The van der Waals surface area contributed by atoms with Crippen molar-refractivity contribution in [2.24, 2.45) is 10.2 Å². The lowest BCUT2D eigenvalue weighted by molar-refractivity contribution is -0.136. The van der Waals surface area contributed by atoms with Crippen LogP contribution in [0.3, 0.4) is 0 Å². The molecule has 0 bridgehead atoms. The van der Waals surface area contributed by atoms with Gasteiger partial charge >= 0.3 is 5.97 Å². The number of imidazole rings is 1. The molecule has 0 aliphatic heterocycles. The maximum absolute atomic E-state index is 11.1. The molecule has 0 aliphatic carbocycles. The molecule has 1 N–H and O–H groups in total. The molecule has 122 valence electrons. The van der Waals surface area contributed by atoms with Crippen LogP contribution in [0.15, 0.2) is 52.8 Å². The fourth-order valence-electron chi connectivity index (χ4n) is 2.46. The van der Waals surface area contributed by atoms with Crippen LogP contribution in [0.4, 0.5) is 11.5 Å². The zero-order valence-corrected chi connectivity index (χ0v) is 13.6. The molecule has 0 atom stereocenters. The minimum Gasteiger partial charge on any atom is -0.481 e. The van der Waals surface area contributed by atoms with Crippen molar-refractivity contribution >= 4 is 23.1 Å². The number of azo groups is 1. The van der Waals surface area contributed by atoms with Gasteiger partial charge in [-0.05, 0) is 42.7 Å². The predicted octanol–water partition coefficient (Wildman–Crippen LogP) is 4.25. The van der Waals surface area contributed by atoms with Crippen LogP contribution >= 0.6 is 0 Å². The van der Waals surface area contributed by atoms with Gasteiger partial charge in [-0.2, -0.15) is 0 Å². The molecule has 3 aromatic rings.